The lowest BCUT2D eigenvalue weighted by atomic mass is 9.84. The zero-order chi connectivity index (χ0) is 22.8. The molecule has 33 heavy (non-hydrogen) atoms. The molecule has 1 aromatic heterocycles. The minimum Gasteiger partial charge on any atom is -0.496 e. The van der Waals surface area contributed by atoms with Gasteiger partial charge in [-0.2, -0.15) is 0 Å². The van der Waals surface area contributed by atoms with Gasteiger partial charge in [0.15, 0.2) is 5.76 Å². The van der Waals surface area contributed by atoms with Gasteiger partial charge in [-0.15, -0.1) is 0 Å². The van der Waals surface area contributed by atoms with Gasteiger partial charge < -0.3 is 19.7 Å². The van der Waals surface area contributed by atoms with E-state index in [1.165, 1.54) is 19.3 Å². The third-order valence-corrected chi connectivity index (χ3v) is 6.93. The van der Waals surface area contributed by atoms with Gasteiger partial charge in [0.2, 0.25) is 5.91 Å². The number of rotatable bonds is 6. The van der Waals surface area contributed by atoms with Gasteiger partial charge >= 0.3 is 0 Å². The number of nitrogens with one attached hydrogen (secondary N) is 1. The summed E-state index contributed by atoms with van der Waals surface area (Å²) in [4.78, 5) is 32.8. The van der Waals surface area contributed by atoms with Gasteiger partial charge in [0.1, 0.15) is 23.4 Å². The zero-order valence-corrected chi connectivity index (χ0v) is 18.9. The number of methoxy groups -OCH3 is 1. The van der Waals surface area contributed by atoms with Gasteiger partial charge in [0, 0.05) is 30.3 Å². The van der Waals surface area contributed by atoms with Gasteiger partial charge in [0.25, 0.3) is 5.91 Å². The summed E-state index contributed by atoms with van der Waals surface area (Å²) >= 11 is 0. The first-order valence-corrected chi connectivity index (χ1v) is 11.7. The third-order valence-electron chi connectivity index (χ3n) is 6.93. The van der Waals surface area contributed by atoms with Crippen LogP contribution in [0.3, 0.4) is 0 Å². The van der Waals surface area contributed by atoms with Crippen LogP contribution in [-0.2, 0) is 16.0 Å². The lowest BCUT2D eigenvalue weighted by Gasteiger charge is -2.31. The number of nitrogens with zero attached hydrogens (tertiary/aromatic N) is 2. The quantitative estimate of drug-likeness (QED) is 0.721. The molecule has 7 heteroatoms. The fraction of sp³-hybridized carbons (Fsp3) is 0.423. The lowest BCUT2D eigenvalue weighted by Crippen LogP contribution is -2.47. The second-order valence-corrected chi connectivity index (χ2v) is 9.04. The van der Waals surface area contributed by atoms with Crippen LogP contribution in [0.2, 0.25) is 0 Å². The number of aromatic nitrogens is 1. The molecule has 2 aliphatic heterocycles. The number of anilines is 1. The predicted molar refractivity (Wildman–Crippen MR) is 124 cm³/mol. The molecule has 2 amide bonds. The number of carbonyl (C=O) groups excluding carboxylic acids is 2. The van der Waals surface area contributed by atoms with Crippen LogP contribution >= 0.6 is 0 Å². The van der Waals surface area contributed by atoms with Gasteiger partial charge in [-0.25, -0.2) is 4.98 Å². The molecule has 7 nitrogen and oxygen atoms in total. The summed E-state index contributed by atoms with van der Waals surface area (Å²) in [6.07, 6.45) is 8.68. The van der Waals surface area contributed by atoms with Gasteiger partial charge in [0.05, 0.1) is 7.11 Å². The van der Waals surface area contributed by atoms with Gasteiger partial charge in [-0.1, -0.05) is 44.2 Å². The summed E-state index contributed by atoms with van der Waals surface area (Å²) in [7, 11) is 1.63. The van der Waals surface area contributed by atoms with E-state index in [0.29, 0.717) is 42.6 Å². The van der Waals surface area contributed by atoms with Crippen molar-refractivity contribution in [2.75, 3.05) is 19.0 Å². The van der Waals surface area contributed by atoms with Gasteiger partial charge in [-0.05, 0) is 36.6 Å². The monoisotopic (exact) mass is 447 g/mol. The second-order valence-electron chi connectivity index (χ2n) is 9.04. The maximum Gasteiger partial charge on any atom is 0.290 e. The highest BCUT2D eigenvalue weighted by Crippen LogP contribution is 2.40. The number of pyridine rings is 1. The fourth-order valence-corrected chi connectivity index (χ4v) is 5.23. The molecule has 2 aromatic rings. The maximum absolute atomic E-state index is 13.5. The SMILES string of the molecule is COc1cccc2c1CC1=C(O2)C(=O)N([C@@H](CC2CCCCC2)C(=O)Nc2ccccn2)C1. The van der Waals surface area contributed by atoms with Crippen molar-refractivity contribution in [3.63, 3.8) is 0 Å². The normalized spacial score (nSPS) is 18.9. The second kappa shape index (κ2) is 9.25. The van der Waals surface area contributed by atoms with Crippen molar-refractivity contribution < 1.29 is 19.1 Å². The van der Waals surface area contributed by atoms with E-state index in [1.54, 1.807) is 30.3 Å². The third kappa shape index (κ3) is 4.32. The van der Waals surface area contributed by atoms with Crippen LogP contribution in [0.4, 0.5) is 5.82 Å². The molecule has 1 aliphatic carbocycles. The lowest BCUT2D eigenvalue weighted by molar-refractivity contribution is -0.135. The number of hydrogen-bond acceptors (Lipinski definition) is 5. The van der Waals surface area contributed by atoms with E-state index in [-0.39, 0.29) is 11.8 Å². The Morgan fingerprint density at radius 2 is 2.06 bits per heavy atom. The number of carbonyl (C=O) groups is 2. The standard InChI is InChI=1S/C26H29N3O4/c1-32-21-10-7-11-22-19(21)15-18-16-29(26(31)24(18)33-22)20(14-17-8-3-2-4-9-17)25(30)28-23-12-5-6-13-27-23/h5-7,10-13,17,20H,2-4,8-9,14-16H2,1H3,(H,27,28,30)/t20-/m0/s1. The molecule has 3 aliphatic rings. The molecule has 0 radical (unpaired) electrons. The minimum atomic E-state index is -0.568. The summed E-state index contributed by atoms with van der Waals surface area (Å²) < 4.78 is 11.5. The van der Waals surface area contributed by atoms with Crippen molar-refractivity contribution in [1.82, 2.24) is 9.88 Å². The minimum absolute atomic E-state index is 0.192. The molecule has 0 saturated heterocycles. The predicted octanol–water partition coefficient (Wildman–Crippen LogP) is 4.10. The van der Waals surface area contributed by atoms with Gasteiger partial charge in [-0.3, -0.25) is 9.59 Å². The van der Waals surface area contributed by atoms with E-state index in [9.17, 15) is 9.59 Å². The van der Waals surface area contributed by atoms with Crippen LogP contribution in [0.1, 0.15) is 44.1 Å². The highest BCUT2D eigenvalue weighted by molar-refractivity contribution is 6.02. The Hall–Kier alpha value is -3.35. The molecule has 0 spiro atoms. The van der Waals surface area contributed by atoms with Crippen LogP contribution in [0, 0.1) is 5.92 Å². The molecule has 172 valence electrons. The first-order valence-electron chi connectivity index (χ1n) is 11.7. The Morgan fingerprint density at radius 1 is 1.21 bits per heavy atom. The Labute approximate surface area is 193 Å². The number of ether oxygens (including phenoxy) is 2. The van der Waals surface area contributed by atoms with E-state index < -0.39 is 6.04 Å². The molecule has 1 fully saturated rings. The summed E-state index contributed by atoms with van der Waals surface area (Å²) in [5.74, 6) is 2.27. The molecular formula is C26H29N3O4. The largest absolute Gasteiger partial charge is 0.496 e. The summed E-state index contributed by atoms with van der Waals surface area (Å²) in [5, 5.41) is 2.92. The average molecular weight is 448 g/mol. The molecular weight excluding hydrogens is 418 g/mol. The molecule has 1 atom stereocenters. The smallest absolute Gasteiger partial charge is 0.290 e. The first-order chi connectivity index (χ1) is 16.1. The van der Waals surface area contributed by atoms with Crippen molar-refractivity contribution >= 4 is 17.6 Å². The van der Waals surface area contributed by atoms with Crippen LogP contribution in [-0.4, -0.2) is 41.4 Å². The highest BCUT2D eigenvalue weighted by atomic mass is 16.5. The first kappa shape index (κ1) is 21.5. The summed E-state index contributed by atoms with van der Waals surface area (Å²) in [6.45, 7) is 0.388. The van der Waals surface area contributed by atoms with Crippen molar-refractivity contribution in [2.45, 2.75) is 51.0 Å². The van der Waals surface area contributed by atoms with Crippen LogP contribution in [0.25, 0.3) is 0 Å². The van der Waals surface area contributed by atoms with Crippen molar-refractivity contribution in [3.8, 4) is 11.5 Å². The molecule has 1 saturated carbocycles. The van der Waals surface area contributed by atoms with Crippen LogP contribution in [0.5, 0.6) is 11.5 Å². The van der Waals surface area contributed by atoms with Crippen LogP contribution < -0.4 is 14.8 Å². The Morgan fingerprint density at radius 3 is 2.82 bits per heavy atom. The fourth-order valence-electron chi connectivity index (χ4n) is 5.23. The van der Waals surface area contributed by atoms with Crippen molar-refractivity contribution in [3.05, 3.63) is 59.5 Å². The van der Waals surface area contributed by atoms with Crippen LogP contribution in [0.15, 0.2) is 53.9 Å². The maximum atomic E-state index is 13.5. The summed E-state index contributed by atoms with van der Waals surface area (Å²) in [6, 6.07) is 10.4. The summed E-state index contributed by atoms with van der Waals surface area (Å²) in [5.41, 5.74) is 1.84. The van der Waals surface area contributed by atoms with E-state index in [4.69, 9.17) is 9.47 Å². The number of fused-ring (bicyclic) bond motifs is 1. The molecule has 1 N–H and O–H groups in total. The molecule has 0 unspecified atom stereocenters. The Bertz CT molecular complexity index is 1080. The molecule has 1 aromatic carbocycles. The van der Waals surface area contributed by atoms with Crippen molar-refractivity contribution in [2.24, 2.45) is 5.92 Å². The van der Waals surface area contributed by atoms with E-state index in [1.807, 2.05) is 24.3 Å². The number of amides is 2. The zero-order valence-electron chi connectivity index (χ0n) is 18.9. The Balaban J connectivity index is 1.38. The van der Waals surface area contributed by atoms with E-state index in [0.717, 1.165) is 29.7 Å². The molecule has 0 bridgehead atoms. The van der Waals surface area contributed by atoms with E-state index in [2.05, 4.69) is 10.3 Å². The average Bonchev–Trinajstić information content (AvgIpc) is 3.17. The molecule has 3 heterocycles. The van der Waals surface area contributed by atoms with E-state index >= 15 is 0 Å². The number of benzene rings is 1. The number of hydrogen-bond donors (Lipinski definition) is 1. The van der Waals surface area contributed by atoms with Crippen molar-refractivity contribution in [1.29, 1.82) is 0 Å². The topological polar surface area (TPSA) is 80.8 Å². The highest BCUT2D eigenvalue weighted by Gasteiger charge is 2.42. The Kier molecular flexibility index (Phi) is 6.03. The molecule has 5 rings (SSSR count).